The van der Waals surface area contributed by atoms with Gasteiger partial charge in [0.25, 0.3) is 0 Å². The Balaban J connectivity index is 0.00000192. The molecule has 1 amide bonds. The molecule has 0 spiro atoms. The van der Waals surface area contributed by atoms with Gasteiger partial charge in [-0.15, -0.1) is 0 Å². The first-order valence-electron chi connectivity index (χ1n) is 6.34. The van der Waals surface area contributed by atoms with Crippen LogP contribution >= 0.6 is 0 Å². The molecule has 0 saturated heterocycles. The van der Waals surface area contributed by atoms with E-state index in [1.165, 1.54) is 29.9 Å². The second-order valence-electron chi connectivity index (χ2n) is 4.58. The van der Waals surface area contributed by atoms with Crippen molar-refractivity contribution in [2.45, 2.75) is 6.92 Å². The molecule has 0 aliphatic heterocycles. The summed E-state index contributed by atoms with van der Waals surface area (Å²) in [5.74, 6) is -1.14. The van der Waals surface area contributed by atoms with E-state index in [-0.39, 0.29) is 30.3 Å². The monoisotopic (exact) mass is 303 g/mol. The minimum atomic E-state index is -1.30. The normalized spacial score (nSPS) is 10.1. The van der Waals surface area contributed by atoms with Crippen molar-refractivity contribution in [1.29, 1.82) is 0 Å². The minimum absolute atomic E-state index is 0. The summed E-state index contributed by atoms with van der Waals surface area (Å²) in [6, 6.07) is 4.83. The summed E-state index contributed by atoms with van der Waals surface area (Å²) < 4.78 is 1.49. The predicted molar refractivity (Wildman–Crippen MR) is 74.9 cm³/mol. The van der Waals surface area contributed by atoms with Gasteiger partial charge in [0, 0.05) is 30.4 Å². The van der Waals surface area contributed by atoms with E-state index in [1.54, 1.807) is 18.3 Å². The van der Waals surface area contributed by atoms with Crippen LogP contribution in [0.1, 0.15) is 17.3 Å². The quantitative estimate of drug-likeness (QED) is 0.520. The molecule has 0 atom stereocenters. The van der Waals surface area contributed by atoms with E-state index in [1.807, 2.05) is 0 Å². The third-order valence-electron chi connectivity index (χ3n) is 2.89. The number of carboxylic acids is 1. The molecule has 0 unspecified atom stereocenters. The maximum absolute atomic E-state index is 11.0. The van der Waals surface area contributed by atoms with E-state index in [0.717, 1.165) is 0 Å². The molecule has 0 aromatic carbocycles. The van der Waals surface area contributed by atoms with E-state index in [4.69, 9.17) is 0 Å². The second-order valence-corrected chi connectivity index (χ2v) is 4.58. The van der Waals surface area contributed by atoms with Gasteiger partial charge in [-0.1, -0.05) is 0 Å². The molecule has 3 rings (SSSR count). The molecule has 0 radical (unpaired) electrons. The maximum atomic E-state index is 11.0. The van der Waals surface area contributed by atoms with Crippen LogP contribution in [0.2, 0.25) is 0 Å². The molecule has 8 nitrogen and oxygen atoms in total. The molecule has 9 heteroatoms. The first kappa shape index (κ1) is 16.7. The smallest absolute Gasteiger partial charge is 0.545 e. The molecular weight excluding hydrogens is 293 g/mol. The summed E-state index contributed by atoms with van der Waals surface area (Å²) in [7, 11) is 0. The second kappa shape index (κ2) is 6.60. The Morgan fingerprint density at radius 1 is 1.26 bits per heavy atom. The number of hydrogen-bond acceptors (Lipinski definition) is 6. The molecule has 0 aliphatic carbocycles. The Bertz CT molecular complexity index is 893. The van der Waals surface area contributed by atoms with Crippen LogP contribution in [0.3, 0.4) is 0 Å². The maximum Gasteiger partial charge on any atom is 1.00 e. The molecular formula is C14H10LiN5O3. The number of anilines is 1. The molecule has 3 aromatic rings. The van der Waals surface area contributed by atoms with Crippen LogP contribution < -0.4 is 29.3 Å². The molecule has 0 saturated carbocycles. The average Bonchev–Trinajstić information content (AvgIpc) is 2.87. The summed E-state index contributed by atoms with van der Waals surface area (Å²) in [5, 5.41) is 17.8. The fraction of sp³-hybridized carbons (Fsp3) is 0.0714. The van der Waals surface area contributed by atoms with E-state index >= 15 is 0 Å². The van der Waals surface area contributed by atoms with Gasteiger partial charge in [0.05, 0.1) is 17.9 Å². The number of nitrogens with one attached hydrogen (secondary N) is 1. The van der Waals surface area contributed by atoms with Crippen LogP contribution in [0.25, 0.3) is 16.9 Å². The molecule has 110 valence electrons. The zero-order valence-electron chi connectivity index (χ0n) is 12.5. The largest absolute Gasteiger partial charge is 1.00 e. The fourth-order valence-electron chi connectivity index (χ4n) is 1.97. The van der Waals surface area contributed by atoms with Gasteiger partial charge in [0.2, 0.25) is 5.91 Å². The number of carbonyl (C=O) groups is 2. The van der Waals surface area contributed by atoms with Gasteiger partial charge < -0.3 is 15.2 Å². The number of imidazole rings is 1. The molecule has 0 aliphatic rings. The topological polar surface area (TPSA) is 112 Å². The van der Waals surface area contributed by atoms with Crippen LogP contribution in [0, 0.1) is 0 Å². The third-order valence-corrected chi connectivity index (χ3v) is 2.89. The number of aromatic nitrogens is 4. The van der Waals surface area contributed by atoms with E-state index in [9.17, 15) is 14.7 Å². The van der Waals surface area contributed by atoms with Gasteiger partial charge in [-0.3, -0.25) is 9.78 Å². The van der Waals surface area contributed by atoms with Crippen molar-refractivity contribution >= 4 is 23.3 Å². The van der Waals surface area contributed by atoms with Gasteiger partial charge in [-0.2, -0.15) is 5.10 Å². The molecule has 3 aromatic heterocycles. The predicted octanol–water partition coefficient (Wildman–Crippen LogP) is -2.88. The summed E-state index contributed by atoms with van der Waals surface area (Å²) in [4.78, 5) is 30.0. The number of amides is 1. The van der Waals surface area contributed by atoms with Crippen LogP contribution in [0.15, 0.2) is 36.8 Å². The van der Waals surface area contributed by atoms with Crippen LogP contribution in [-0.4, -0.2) is 31.5 Å². The first-order chi connectivity index (χ1) is 10.5. The minimum Gasteiger partial charge on any atom is -0.545 e. The number of pyridine rings is 1. The Morgan fingerprint density at radius 2 is 2.04 bits per heavy atom. The standard InChI is InChI=1S/C14H11N5O3.Li/c1-8(20)16-12-7-19-13(17-12)3-2-11(18-19)9-4-10(14(21)22)6-15-5-9;/h2-7H,1H3,(H,16,20)(H,21,22);/q;+1/p-1. The van der Waals surface area contributed by atoms with Gasteiger partial charge in [-0.25, -0.2) is 9.50 Å². The Morgan fingerprint density at radius 3 is 2.74 bits per heavy atom. The first-order valence-corrected chi connectivity index (χ1v) is 6.34. The van der Waals surface area contributed by atoms with E-state index in [2.05, 4.69) is 20.4 Å². The SMILES string of the molecule is CC(=O)Nc1cn2nc(-c3cncc(C(=O)[O-])c3)ccc2n1.[Li+]. The molecule has 0 bridgehead atoms. The number of rotatable bonds is 3. The summed E-state index contributed by atoms with van der Waals surface area (Å²) in [5.41, 5.74) is 1.59. The Labute approximate surface area is 142 Å². The average molecular weight is 303 g/mol. The van der Waals surface area contributed by atoms with Crippen molar-refractivity contribution in [3.05, 3.63) is 42.4 Å². The molecule has 0 fully saturated rings. The Kier molecular flexibility index (Phi) is 4.79. The number of nitrogens with zero attached hydrogens (tertiary/aromatic N) is 4. The van der Waals surface area contributed by atoms with E-state index in [0.29, 0.717) is 22.7 Å². The van der Waals surface area contributed by atoms with Gasteiger partial charge in [0.15, 0.2) is 11.5 Å². The van der Waals surface area contributed by atoms with E-state index < -0.39 is 5.97 Å². The zero-order chi connectivity index (χ0) is 15.7. The van der Waals surface area contributed by atoms with Crippen molar-refractivity contribution in [2.24, 2.45) is 0 Å². The zero-order valence-corrected chi connectivity index (χ0v) is 12.5. The van der Waals surface area contributed by atoms with Crippen molar-refractivity contribution in [3.63, 3.8) is 0 Å². The fourth-order valence-corrected chi connectivity index (χ4v) is 1.97. The van der Waals surface area contributed by atoms with Crippen molar-refractivity contribution in [1.82, 2.24) is 19.6 Å². The Hall–Kier alpha value is -2.69. The number of hydrogen-bond donors (Lipinski definition) is 1. The van der Waals surface area contributed by atoms with Crippen molar-refractivity contribution in [3.8, 4) is 11.3 Å². The summed E-state index contributed by atoms with van der Waals surface area (Å²) >= 11 is 0. The number of carbonyl (C=O) groups excluding carboxylic acids is 2. The molecule has 1 N–H and O–H groups in total. The van der Waals surface area contributed by atoms with Crippen LogP contribution in [-0.2, 0) is 4.79 Å². The van der Waals surface area contributed by atoms with Crippen molar-refractivity contribution < 1.29 is 33.6 Å². The number of fused-ring (bicyclic) bond motifs is 1. The van der Waals surface area contributed by atoms with Gasteiger partial charge in [-0.05, 0) is 18.2 Å². The summed E-state index contributed by atoms with van der Waals surface area (Å²) in [6.07, 6.45) is 4.28. The van der Waals surface area contributed by atoms with Gasteiger partial charge in [0.1, 0.15) is 0 Å². The number of carboxylic acid groups (broad SMARTS) is 1. The van der Waals surface area contributed by atoms with Crippen LogP contribution in [0.4, 0.5) is 5.82 Å². The molecule has 3 heterocycles. The van der Waals surface area contributed by atoms with Gasteiger partial charge >= 0.3 is 18.9 Å². The third kappa shape index (κ3) is 3.56. The van der Waals surface area contributed by atoms with Crippen LogP contribution in [0.5, 0.6) is 0 Å². The summed E-state index contributed by atoms with van der Waals surface area (Å²) in [6.45, 7) is 1.39. The number of aromatic carboxylic acids is 1. The molecule has 23 heavy (non-hydrogen) atoms. The van der Waals surface area contributed by atoms with Crippen molar-refractivity contribution in [2.75, 3.05) is 5.32 Å².